The summed E-state index contributed by atoms with van der Waals surface area (Å²) in [6.07, 6.45) is 4.07. The fourth-order valence-electron chi connectivity index (χ4n) is 6.03. The zero-order valence-corrected chi connectivity index (χ0v) is 17.8. The maximum absolute atomic E-state index is 11.6. The van der Waals surface area contributed by atoms with E-state index in [1.165, 1.54) is 16.7 Å². The second kappa shape index (κ2) is 7.82. The lowest BCUT2D eigenvalue weighted by Crippen LogP contribution is -2.33. The number of anilines is 1. The van der Waals surface area contributed by atoms with E-state index < -0.39 is 5.60 Å². The predicted molar refractivity (Wildman–Crippen MR) is 120 cm³/mol. The van der Waals surface area contributed by atoms with Gasteiger partial charge >= 0.3 is 0 Å². The zero-order valence-electron chi connectivity index (χ0n) is 17.8. The average Bonchev–Trinajstić information content (AvgIpc) is 3.21. The lowest BCUT2D eigenvalue weighted by Gasteiger charge is -2.27. The zero-order chi connectivity index (χ0) is 20.7. The van der Waals surface area contributed by atoms with Gasteiger partial charge in [0.1, 0.15) is 0 Å². The van der Waals surface area contributed by atoms with E-state index in [4.69, 9.17) is 0 Å². The van der Waals surface area contributed by atoms with Gasteiger partial charge < -0.3 is 15.3 Å². The number of aliphatic hydroxyl groups is 1. The molecule has 30 heavy (non-hydrogen) atoms. The summed E-state index contributed by atoms with van der Waals surface area (Å²) in [5, 5.41) is 14.2. The molecule has 158 valence electrons. The van der Waals surface area contributed by atoms with E-state index in [-0.39, 0.29) is 5.91 Å². The number of benzene rings is 2. The molecule has 2 aromatic rings. The van der Waals surface area contributed by atoms with E-state index in [0.717, 1.165) is 51.0 Å². The molecule has 4 heteroatoms. The summed E-state index contributed by atoms with van der Waals surface area (Å²) in [6.45, 7) is 5.58. The Hall–Kier alpha value is -2.17. The molecule has 5 rings (SSSR count). The lowest BCUT2D eigenvalue weighted by atomic mass is 9.91. The van der Waals surface area contributed by atoms with Gasteiger partial charge in [-0.15, -0.1) is 0 Å². The number of nitrogens with one attached hydrogen (secondary N) is 1. The number of amides is 1. The third-order valence-corrected chi connectivity index (χ3v) is 7.44. The summed E-state index contributed by atoms with van der Waals surface area (Å²) < 4.78 is 0. The normalized spacial score (nSPS) is 29.3. The number of nitrogens with zero attached hydrogens (tertiary/aromatic N) is 1. The van der Waals surface area contributed by atoms with Gasteiger partial charge in [-0.05, 0) is 59.8 Å². The highest BCUT2D eigenvalue weighted by molar-refractivity contribution is 5.93. The molecule has 0 bridgehead atoms. The van der Waals surface area contributed by atoms with Crippen LogP contribution in [0.25, 0.3) is 0 Å². The van der Waals surface area contributed by atoms with Crippen molar-refractivity contribution in [1.29, 1.82) is 0 Å². The lowest BCUT2D eigenvalue weighted by molar-refractivity contribution is -0.116. The van der Waals surface area contributed by atoms with Gasteiger partial charge in [0.25, 0.3) is 0 Å². The number of rotatable bonds is 5. The van der Waals surface area contributed by atoms with Crippen LogP contribution in [0, 0.1) is 11.8 Å². The van der Waals surface area contributed by atoms with Crippen LogP contribution < -0.4 is 5.32 Å². The molecule has 2 aromatic carbocycles. The quantitative estimate of drug-likeness (QED) is 0.792. The van der Waals surface area contributed by atoms with Crippen LogP contribution in [0.1, 0.15) is 48.8 Å². The van der Waals surface area contributed by atoms with Crippen molar-refractivity contribution in [2.75, 3.05) is 25.0 Å². The first-order chi connectivity index (χ1) is 14.5. The molecular formula is C26H32N2O2. The number of carbonyl (C=O) groups excluding carboxylic acids is 1. The van der Waals surface area contributed by atoms with Crippen LogP contribution in [-0.2, 0) is 17.6 Å². The Morgan fingerprint density at radius 1 is 1.10 bits per heavy atom. The van der Waals surface area contributed by atoms with Crippen molar-refractivity contribution in [3.63, 3.8) is 0 Å². The molecule has 2 aliphatic heterocycles. The molecule has 2 unspecified atom stereocenters. The number of carbonyl (C=O) groups is 1. The summed E-state index contributed by atoms with van der Waals surface area (Å²) in [4.78, 5) is 14.2. The second-order valence-electron chi connectivity index (χ2n) is 9.90. The summed E-state index contributed by atoms with van der Waals surface area (Å²) in [5.74, 6) is 1.82. The summed E-state index contributed by atoms with van der Waals surface area (Å²) in [6, 6.07) is 16.9. The SMILES string of the molecule is CC(CN1C[C@@H]2CC(O)(Cc3ccccc3)C[C@@H]2C1)c1ccc2c(c1)CCC(=O)N2. The average molecular weight is 405 g/mol. The highest BCUT2D eigenvalue weighted by atomic mass is 16.3. The molecule has 0 radical (unpaired) electrons. The third-order valence-electron chi connectivity index (χ3n) is 7.44. The molecule has 4 nitrogen and oxygen atoms in total. The van der Waals surface area contributed by atoms with E-state index in [0.29, 0.717) is 24.2 Å². The van der Waals surface area contributed by atoms with Crippen LogP contribution in [-0.4, -0.2) is 41.1 Å². The smallest absolute Gasteiger partial charge is 0.224 e. The second-order valence-corrected chi connectivity index (χ2v) is 9.90. The number of fused-ring (bicyclic) bond motifs is 2. The third kappa shape index (κ3) is 4.03. The van der Waals surface area contributed by atoms with Gasteiger partial charge in [0.2, 0.25) is 5.91 Å². The number of likely N-dealkylation sites (tertiary alicyclic amines) is 1. The topological polar surface area (TPSA) is 52.6 Å². The highest BCUT2D eigenvalue weighted by Crippen LogP contribution is 2.45. The molecule has 1 aliphatic carbocycles. The number of aryl methyl sites for hydroxylation is 1. The van der Waals surface area contributed by atoms with Crippen LogP contribution in [0.5, 0.6) is 0 Å². The van der Waals surface area contributed by atoms with Crippen LogP contribution in [0.2, 0.25) is 0 Å². The minimum absolute atomic E-state index is 0.124. The van der Waals surface area contributed by atoms with Crippen molar-refractivity contribution in [3.8, 4) is 0 Å². The van der Waals surface area contributed by atoms with Crippen LogP contribution in [0.4, 0.5) is 5.69 Å². The minimum atomic E-state index is -0.530. The molecule has 1 saturated carbocycles. The Kier molecular flexibility index (Phi) is 5.16. The number of hydrogen-bond acceptors (Lipinski definition) is 3. The van der Waals surface area contributed by atoms with E-state index in [1.54, 1.807) is 0 Å². The summed E-state index contributed by atoms with van der Waals surface area (Å²) in [5.41, 5.74) is 4.33. The van der Waals surface area contributed by atoms with Gasteiger partial charge in [0.15, 0.2) is 0 Å². The molecule has 3 aliphatic rings. The van der Waals surface area contributed by atoms with Crippen molar-refractivity contribution in [1.82, 2.24) is 4.90 Å². The van der Waals surface area contributed by atoms with Crippen LogP contribution in [0.3, 0.4) is 0 Å². The van der Waals surface area contributed by atoms with Crippen LogP contribution >= 0.6 is 0 Å². The Morgan fingerprint density at radius 3 is 2.57 bits per heavy atom. The Bertz CT molecular complexity index is 912. The monoisotopic (exact) mass is 404 g/mol. The summed E-state index contributed by atoms with van der Waals surface area (Å²) >= 11 is 0. The molecule has 2 N–H and O–H groups in total. The predicted octanol–water partition coefficient (Wildman–Crippen LogP) is 3.99. The van der Waals surface area contributed by atoms with Crippen molar-refractivity contribution in [2.45, 2.75) is 50.5 Å². The molecule has 4 atom stereocenters. The standard InChI is InChI=1S/C26H32N2O2/c1-18(20-7-9-24-21(11-20)8-10-25(29)27-24)15-28-16-22-13-26(30,14-23(22)17-28)12-19-5-3-2-4-6-19/h2-7,9,11,18,22-23,30H,8,10,12-17H2,1H3,(H,27,29)/t18?,22-,23+,26?. The fourth-order valence-corrected chi connectivity index (χ4v) is 6.03. The molecule has 0 spiro atoms. The number of hydrogen-bond donors (Lipinski definition) is 2. The first-order valence-electron chi connectivity index (χ1n) is 11.4. The minimum Gasteiger partial charge on any atom is -0.390 e. The van der Waals surface area contributed by atoms with Gasteiger partial charge in [-0.25, -0.2) is 0 Å². The van der Waals surface area contributed by atoms with Gasteiger partial charge in [0.05, 0.1) is 5.60 Å². The van der Waals surface area contributed by atoms with Crippen molar-refractivity contribution >= 4 is 11.6 Å². The maximum atomic E-state index is 11.6. The molecule has 2 fully saturated rings. The molecule has 0 aromatic heterocycles. The Labute approximate surface area is 179 Å². The van der Waals surface area contributed by atoms with Crippen LogP contribution in [0.15, 0.2) is 48.5 Å². The first-order valence-corrected chi connectivity index (χ1v) is 11.4. The van der Waals surface area contributed by atoms with Gasteiger partial charge in [-0.2, -0.15) is 0 Å². The van der Waals surface area contributed by atoms with Gasteiger partial charge in [-0.1, -0.05) is 49.4 Å². The molecule has 2 heterocycles. The maximum Gasteiger partial charge on any atom is 0.224 e. The Morgan fingerprint density at radius 2 is 1.83 bits per heavy atom. The van der Waals surface area contributed by atoms with E-state index in [1.807, 2.05) is 6.07 Å². The molecule has 1 saturated heterocycles. The first kappa shape index (κ1) is 19.8. The van der Waals surface area contributed by atoms with E-state index in [2.05, 4.69) is 59.6 Å². The molecular weight excluding hydrogens is 372 g/mol. The largest absolute Gasteiger partial charge is 0.390 e. The Balaban J connectivity index is 1.18. The fraction of sp³-hybridized carbons (Fsp3) is 0.500. The van der Waals surface area contributed by atoms with E-state index in [9.17, 15) is 9.90 Å². The highest BCUT2D eigenvalue weighted by Gasteiger charge is 2.48. The van der Waals surface area contributed by atoms with Gasteiger partial charge in [-0.3, -0.25) is 4.79 Å². The summed E-state index contributed by atoms with van der Waals surface area (Å²) in [7, 11) is 0. The molecule has 1 amide bonds. The van der Waals surface area contributed by atoms with Crippen molar-refractivity contribution in [2.24, 2.45) is 11.8 Å². The van der Waals surface area contributed by atoms with E-state index >= 15 is 0 Å². The van der Waals surface area contributed by atoms with Crippen molar-refractivity contribution < 1.29 is 9.90 Å². The van der Waals surface area contributed by atoms with Gasteiger partial charge in [0, 0.05) is 38.2 Å². The van der Waals surface area contributed by atoms with Crippen molar-refractivity contribution in [3.05, 3.63) is 65.2 Å².